The van der Waals surface area contributed by atoms with Crippen LogP contribution in [-0.4, -0.2) is 102 Å². The first-order chi connectivity index (χ1) is 31.9. The van der Waals surface area contributed by atoms with Gasteiger partial charge in [0, 0.05) is 18.0 Å². The van der Waals surface area contributed by atoms with Crippen LogP contribution >= 0.6 is 8.53 Å². The Morgan fingerprint density at radius 2 is 1.51 bits per heavy atom. The monoisotopic (exact) mass is 949 g/mol. The number of amidine groups is 1. The number of alkyl halides is 3. The number of Topliss-reactive ketones (excluding diaryl/α,β-unsaturated/α-hetero) is 1. The number of nitriles is 1. The van der Waals surface area contributed by atoms with Crippen molar-refractivity contribution in [3.63, 3.8) is 0 Å². The molecule has 1 aromatic heterocycles. The molecule has 0 aliphatic carbocycles. The maximum absolute atomic E-state index is 14.5. The Bertz CT molecular complexity index is 2350. The lowest BCUT2D eigenvalue weighted by molar-refractivity contribution is -0.175. The van der Waals surface area contributed by atoms with Crippen LogP contribution in [0.3, 0.4) is 0 Å². The van der Waals surface area contributed by atoms with E-state index in [1.165, 1.54) is 25.1 Å². The third-order valence-corrected chi connectivity index (χ3v) is 13.2. The number of fused-ring (bicyclic) bond motifs is 1. The van der Waals surface area contributed by atoms with Gasteiger partial charge in [-0.25, -0.2) is 14.6 Å². The lowest BCUT2D eigenvalue weighted by Gasteiger charge is -2.39. The molecule has 2 aliphatic heterocycles. The molecule has 16 nitrogen and oxygen atoms in total. The summed E-state index contributed by atoms with van der Waals surface area (Å²) in [4.78, 5) is 48.5. The van der Waals surface area contributed by atoms with E-state index in [0.717, 1.165) is 0 Å². The Morgan fingerprint density at radius 1 is 0.925 bits per heavy atom. The average molecular weight is 950 g/mol. The van der Waals surface area contributed by atoms with Gasteiger partial charge in [-0.05, 0) is 68.7 Å². The maximum Gasteiger partial charge on any atom is 0.471 e. The number of amides is 2. The van der Waals surface area contributed by atoms with Gasteiger partial charge in [-0.1, -0.05) is 68.4 Å². The van der Waals surface area contributed by atoms with E-state index in [0.29, 0.717) is 28.2 Å². The van der Waals surface area contributed by atoms with Gasteiger partial charge in [0.25, 0.3) is 8.53 Å². The molecule has 2 amide bonds. The Hall–Kier alpha value is -5.74. The zero-order chi connectivity index (χ0) is 48.6. The first-order valence-corrected chi connectivity index (χ1v) is 22.8. The minimum absolute atomic E-state index is 0.0229. The number of aromatic nitrogens is 2. The molecule has 1 unspecified atom stereocenters. The molecule has 2 aliphatic rings. The van der Waals surface area contributed by atoms with Crippen molar-refractivity contribution in [2.75, 3.05) is 27.4 Å². The van der Waals surface area contributed by atoms with Crippen LogP contribution in [0.25, 0.3) is 0 Å². The second-order valence-electron chi connectivity index (χ2n) is 16.6. The summed E-state index contributed by atoms with van der Waals surface area (Å²) in [6.07, 6.45) is -8.82. The van der Waals surface area contributed by atoms with E-state index < -0.39 is 74.9 Å². The fourth-order valence-corrected chi connectivity index (χ4v) is 9.66. The molecule has 358 valence electrons. The SMILES string of the molecule is COc1ccc(C(OC[C@H]2O[C@@H](n3cnc4c3N=C(NC(=O)C(C)C)CC4=O)[C@H](OP(OCCC#N)N(C(C)C)C(C)C)[C@@H]2NC(=O)C(F)(F)F)(c2ccccc2)c2ccc(OC)cc2)cc1. The Balaban J connectivity index is 1.55. The third-order valence-electron chi connectivity index (χ3n) is 11.1. The number of hydrogen-bond donors (Lipinski definition) is 2. The van der Waals surface area contributed by atoms with Gasteiger partial charge in [-0.3, -0.25) is 19.0 Å². The lowest BCUT2D eigenvalue weighted by Crippen LogP contribution is -2.53. The summed E-state index contributed by atoms with van der Waals surface area (Å²) in [5.74, 6) is -2.55. The number of imidazole rings is 1. The number of ether oxygens (including phenoxy) is 4. The van der Waals surface area contributed by atoms with Crippen LogP contribution in [0.15, 0.2) is 90.2 Å². The van der Waals surface area contributed by atoms with Crippen molar-refractivity contribution in [2.24, 2.45) is 10.9 Å². The molecule has 1 fully saturated rings. The van der Waals surface area contributed by atoms with Gasteiger partial charge in [-0.2, -0.15) is 18.4 Å². The van der Waals surface area contributed by atoms with Crippen LogP contribution in [0.1, 0.15) is 87.8 Å². The number of carbonyl (C=O) groups is 3. The van der Waals surface area contributed by atoms with E-state index in [4.69, 9.17) is 28.0 Å². The second kappa shape index (κ2) is 21.9. The van der Waals surface area contributed by atoms with Gasteiger partial charge < -0.3 is 38.6 Å². The highest BCUT2D eigenvalue weighted by Crippen LogP contribution is 2.52. The fraction of sp³-hybridized carbons (Fsp3) is 0.447. The molecule has 2 N–H and O–H groups in total. The molecular weight excluding hydrogens is 895 g/mol. The highest BCUT2D eigenvalue weighted by atomic mass is 31.2. The van der Waals surface area contributed by atoms with E-state index in [-0.39, 0.29) is 48.9 Å². The standard InChI is InChI=1S/C47H55F3N7O9P/c1-28(2)43(59)54-38-25-36(58)39-42(53-38)56(27-52-39)44-41(66-67(64-24-12-23-51)57(29(3)4)30(5)6)40(55-45(60)47(48,49)50)37(65-44)26-63-46(31-13-10-9-11-14-31,32-15-19-34(61-7)20-16-32)33-17-21-35(62-8)22-18-33/h9-11,13-22,27-30,37,40-41,44H,12,24-26H2,1-8H3,(H,55,60)(H,53,54,59)/t37-,40-,41-,44-,67?/m1/s1. The van der Waals surface area contributed by atoms with Crippen LogP contribution in [0.4, 0.5) is 19.0 Å². The van der Waals surface area contributed by atoms with Crippen LogP contribution in [0.5, 0.6) is 11.5 Å². The number of ketones is 1. The minimum Gasteiger partial charge on any atom is -0.497 e. The number of benzene rings is 3. The number of hydrogen-bond acceptors (Lipinski definition) is 13. The van der Waals surface area contributed by atoms with Gasteiger partial charge >= 0.3 is 12.1 Å². The van der Waals surface area contributed by atoms with Gasteiger partial charge in [0.1, 0.15) is 35.1 Å². The quantitative estimate of drug-likeness (QED) is 0.0526. The largest absolute Gasteiger partial charge is 0.497 e. The molecule has 0 spiro atoms. The summed E-state index contributed by atoms with van der Waals surface area (Å²) in [7, 11) is 0.851. The number of nitrogens with zero attached hydrogens (tertiary/aromatic N) is 5. The van der Waals surface area contributed by atoms with Crippen molar-refractivity contribution in [2.45, 2.75) is 103 Å². The van der Waals surface area contributed by atoms with Crippen molar-refractivity contribution in [3.05, 3.63) is 108 Å². The maximum atomic E-state index is 14.5. The molecule has 3 aromatic carbocycles. The highest BCUT2D eigenvalue weighted by molar-refractivity contribution is 7.44. The van der Waals surface area contributed by atoms with Crippen molar-refractivity contribution < 1.29 is 55.5 Å². The van der Waals surface area contributed by atoms with Crippen LogP contribution in [-0.2, 0) is 33.7 Å². The topological polar surface area (TPSA) is 188 Å². The van der Waals surface area contributed by atoms with E-state index in [2.05, 4.69) is 20.6 Å². The molecule has 1 saturated heterocycles. The predicted molar refractivity (Wildman–Crippen MR) is 241 cm³/mol. The minimum atomic E-state index is -5.35. The molecule has 6 rings (SSSR count). The lowest BCUT2D eigenvalue weighted by atomic mass is 9.80. The van der Waals surface area contributed by atoms with Crippen LogP contribution in [0, 0.1) is 17.2 Å². The summed E-state index contributed by atoms with van der Waals surface area (Å²) in [6.45, 7) is 10.3. The highest BCUT2D eigenvalue weighted by Gasteiger charge is 2.54. The number of carbonyl (C=O) groups excluding carboxylic acids is 3. The molecule has 3 heterocycles. The first-order valence-electron chi connectivity index (χ1n) is 21.7. The van der Waals surface area contributed by atoms with Crippen molar-refractivity contribution in [1.29, 1.82) is 5.26 Å². The molecule has 0 saturated carbocycles. The van der Waals surface area contributed by atoms with Crippen LogP contribution < -0.4 is 20.1 Å². The Labute approximate surface area is 388 Å². The van der Waals surface area contributed by atoms with Crippen molar-refractivity contribution >= 4 is 37.8 Å². The van der Waals surface area contributed by atoms with E-state index in [1.807, 2.05) is 93.0 Å². The number of nitrogens with one attached hydrogen (secondary N) is 2. The first kappa shape index (κ1) is 50.7. The summed E-state index contributed by atoms with van der Waals surface area (Å²) in [6, 6.07) is 23.3. The number of aliphatic imine (C=N–C) groups is 1. The third kappa shape index (κ3) is 11.3. The van der Waals surface area contributed by atoms with Crippen LogP contribution in [0.2, 0.25) is 0 Å². The normalized spacial score (nSPS) is 19.0. The summed E-state index contributed by atoms with van der Waals surface area (Å²) < 4.78 is 84.5. The predicted octanol–water partition coefficient (Wildman–Crippen LogP) is 7.90. The summed E-state index contributed by atoms with van der Waals surface area (Å²) in [5, 5.41) is 14.3. The van der Waals surface area contributed by atoms with Gasteiger partial charge in [0.05, 0.1) is 58.7 Å². The van der Waals surface area contributed by atoms with Crippen molar-refractivity contribution in [1.82, 2.24) is 24.9 Å². The molecule has 4 aromatic rings. The van der Waals surface area contributed by atoms with Gasteiger partial charge in [-0.15, -0.1) is 0 Å². The molecule has 20 heteroatoms. The zero-order valence-electron chi connectivity index (χ0n) is 38.4. The Kier molecular flexibility index (Phi) is 16.6. The van der Waals surface area contributed by atoms with Crippen molar-refractivity contribution in [3.8, 4) is 17.6 Å². The number of halogens is 3. The van der Waals surface area contributed by atoms with E-state index >= 15 is 0 Å². The summed E-state index contributed by atoms with van der Waals surface area (Å²) >= 11 is 0. The zero-order valence-corrected chi connectivity index (χ0v) is 39.3. The summed E-state index contributed by atoms with van der Waals surface area (Å²) in [5.41, 5.74) is 0.281. The number of methoxy groups -OCH3 is 2. The van der Waals surface area contributed by atoms with Gasteiger partial charge in [0.15, 0.2) is 23.5 Å². The average Bonchev–Trinajstić information content (AvgIpc) is 3.87. The fourth-order valence-electron chi connectivity index (χ4n) is 7.91. The Morgan fingerprint density at radius 3 is 2.03 bits per heavy atom. The molecular formula is C47H55F3N7O9P. The van der Waals surface area contributed by atoms with Gasteiger partial charge in [0.2, 0.25) is 5.91 Å². The molecule has 0 bridgehead atoms. The molecule has 67 heavy (non-hydrogen) atoms. The van der Waals surface area contributed by atoms with E-state index in [1.54, 1.807) is 38.1 Å². The molecule has 0 radical (unpaired) electrons. The van der Waals surface area contributed by atoms with E-state index in [9.17, 15) is 32.8 Å². The molecule has 5 atom stereocenters. The number of rotatable bonds is 19. The second-order valence-corrected chi connectivity index (χ2v) is 18.0. The smallest absolute Gasteiger partial charge is 0.471 e.